The summed E-state index contributed by atoms with van der Waals surface area (Å²) in [4.78, 5) is 62.2. The van der Waals surface area contributed by atoms with E-state index >= 15 is 0 Å². The Balaban J connectivity index is 1.84. The number of anilines is 1. The van der Waals surface area contributed by atoms with Crippen LogP contribution in [-0.4, -0.2) is 47.5 Å². The average molecular weight is 398 g/mol. The van der Waals surface area contributed by atoms with Crippen LogP contribution in [0.5, 0.6) is 0 Å². The van der Waals surface area contributed by atoms with Gasteiger partial charge in [0.05, 0.1) is 23.3 Å². The van der Waals surface area contributed by atoms with Crippen LogP contribution in [0.25, 0.3) is 0 Å². The number of aryl methyl sites for hydroxylation is 1. The fraction of sp³-hybridized carbons (Fsp3) is 0.250. The molecule has 0 bridgehead atoms. The summed E-state index contributed by atoms with van der Waals surface area (Å²) in [6.07, 6.45) is 0. The van der Waals surface area contributed by atoms with Crippen molar-refractivity contribution in [1.82, 2.24) is 4.90 Å². The molecule has 0 unspecified atom stereocenters. The normalized spacial score (nSPS) is 12.7. The molecule has 0 atom stereocenters. The zero-order chi connectivity index (χ0) is 21.3. The monoisotopic (exact) mass is 398 g/mol. The molecule has 9 nitrogen and oxygen atoms in total. The summed E-state index contributed by atoms with van der Waals surface area (Å²) in [6.45, 7) is 3.80. The molecule has 150 valence electrons. The number of nitrogens with zero attached hydrogens (tertiary/aromatic N) is 1. The number of rotatable bonds is 6. The summed E-state index contributed by atoms with van der Waals surface area (Å²) in [5.74, 6) is -3.35. The molecule has 3 rings (SSSR count). The number of benzene rings is 1. The van der Waals surface area contributed by atoms with Gasteiger partial charge in [0.2, 0.25) is 11.8 Å². The lowest BCUT2D eigenvalue weighted by Gasteiger charge is -2.13. The van der Waals surface area contributed by atoms with E-state index in [0.717, 1.165) is 4.90 Å². The summed E-state index contributed by atoms with van der Waals surface area (Å²) < 4.78 is 10.3. The molecule has 0 aliphatic carbocycles. The van der Waals surface area contributed by atoms with Gasteiger partial charge in [-0.2, -0.15) is 0 Å². The van der Waals surface area contributed by atoms with Crippen molar-refractivity contribution in [2.45, 2.75) is 20.8 Å². The molecule has 0 saturated heterocycles. The predicted octanol–water partition coefficient (Wildman–Crippen LogP) is 2.20. The Morgan fingerprint density at radius 3 is 2.17 bits per heavy atom. The van der Waals surface area contributed by atoms with Gasteiger partial charge in [0.1, 0.15) is 17.9 Å². The average Bonchev–Trinajstić information content (AvgIpc) is 3.11. The van der Waals surface area contributed by atoms with Crippen molar-refractivity contribution in [3.63, 3.8) is 0 Å². The van der Waals surface area contributed by atoms with E-state index in [4.69, 9.17) is 9.15 Å². The van der Waals surface area contributed by atoms with Crippen LogP contribution < -0.4 is 5.32 Å². The minimum absolute atomic E-state index is 0.000481. The third kappa shape index (κ3) is 3.54. The number of furan rings is 1. The summed E-state index contributed by atoms with van der Waals surface area (Å²) in [5.41, 5.74) is 0.225. The van der Waals surface area contributed by atoms with Gasteiger partial charge in [-0.05, 0) is 32.9 Å². The Morgan fingerprint density at radius 1 is 1.07 bits per heavy atom. The number of fused-ring (bicyclic) bond motifs is 1. The standard InChI is InChI=1S/C20H18N2O7/c1-4-28-20(27)16-15(10(2)23)11(3)29-17(16)21-14(24)9-22-18(25)12-7-5-6-8-13(12)19(22)26/h5-8H,4,9H2,1-3H3,(H,21,24). The number of nitrogens with one attached hydrogen (secondary N) is 1. The van der Waals surface area contributed by atoms with Gasteiger partial charge in [0.15, 0.2) is 5.78 Å². The van der Waals surface area contributed by atoms with Crippen LogP contribution in [0.3, 0.4) is 0 Å². The first-order valence-electron chi connectivity index (χ1n) is 8.82. The highest BCUT2D eigenvalue weighted by molar-refractivity contribution is 6.22. The Hall–Kier alpha value is -3.75. The van der Waals surface area contributed by atoms with Crippen molar-refractivity contribution < 1.29 is 33.1 Å². The van der Waals surface area contributed by atoms with Crippen LogP contribution >= 0.6 is 0 Å². The maximum Gasteiger partial charge on any atom is 0.344 e. The van der Waals surface area contributed by atoms with Crippen LogP contribution in [0.15, 0.2) is 28.7 Å². The minimum Gasteiger partial charge on any atom is -0.462 e. The second kappa shape index (κ2) is 7.70. The Labute approximate surface area is 165 Å². The molecule has 0 fully saturated rings. The lowest BCUT2D eigenvalue weighted by molar-refractivity contribution is -0.116. The summed E-state index contributed by atoms with van der Waals surface area (Å²) in [6, 6.07) is 6.24. The van der Waals surface area contributed by atoms with Crippen molar-refractivity contribution in [1.29, 1.82) is 0 Å². The van der Waals surface area contributed by atoms with Crippen molar-refractivity contribution in [3.8, 4) is 0 Å². The molecule has 0 spiro atoms. The number of hydrogen-bond acceptors (Lipinski definition) is 7. The van der Waals surface area contributed by atoms with Crippen molar-refractivity contribution in [2.75, 3.05) is 18.5 Å². The molecule has 9 heteroatoms. The zero-order valence-corrected chi connectivity index (χ0v) is 16.0. The van der Waals surface area contributed by atoms with Crippen LogP contribution in [0.2, 0.25) is 0 Å². The molecule has 1 aromatic heterocycles. The minimum atomic E-state index is -0.828. The van der Waals surface area contributed by atoms with E-state index in [2.05, 4.69) is 5.32 Å². The highest BCUT2D eigenvalue weighted by Gasteiger charge is 2.37. The lowest BCUT2D eigenvalue weighted by Crippen LogP contribution is -2.37. The highest BCUT2D eigenvalue weighted by atomic mass is 16.5. The molecular formula is C20H18N2O7. The summed E-state index contributed by atoms with van der Waals surface area (Å²) in [7, 11) is 0. The molecule has 0 saturated carbocycles. The van der Waals surface area contributed by atoms with Crippen molar-refractivity contribution in [3.05, 3.63) is 52.3 Å². The second-order valence-electron chi connectivity index (χ2n) is 6.30. The lowest BCUT2D eigenvalue weighted by atomic mass is 10.1. The van der Waals surface area contributed by atoms with Crippen LogP contribution in [-0.2, 0) is 9.53 Å². The Kier molecular flexibility index (Phi) is 5.31. The topological polar surface area (TPSA) is 123 Å². The number of esters is 1. The number of amides is 3. The molecule has 0 radical (unpaired) electrons. The SMILES string of the molecule is CCOC(=O)c1c(NC(=O)CN2C(=O)c3ccccc3C2=O)oc(C)c1C(C)=O. The van der Waals surface area contributed by atoms with Crippen molar-refractivity contribution in [2.24, 2.45) is 0 Å². The van der Waals surface area contributed by atoms with E-state index in [1.807, 2.05) is 0 Å². The highest BCUT2D eigenvalue weighted by Crippen LogP contribution is 2.29. The summed E-state index contributed by atoms with van der Waals surface area (Å²) >= 11 is 0. The van der Waals surface area contributed by atoms with E-state index < -0.39 is 36.0 Å². The third-order valence-corrected chi connectivity index (χ3v) is 4.35. The molecule has 29 heavy (non-hydrogen) atoms. The van der Waals surface area contributed by atoms with Crippen LogP contribution in [0.1, 0.15) is 61.0 Å². The first-order chi connectivity index (χ1) is 13.8. The maximum absolute atomic E-state index is 12.5. The molecule has 1 N–H and O–H groups in total. The van der Waals surface area contributed by atoms with Crippen LogP contribution in [0, 0.1) is 6.92 Å². The predicted molar refractivity (Wildman–Crippen MR) is 99.8 cm³/mol. The molecule has 1 aromatic carbocycles. The van der Waals surface area contributed by atoms with Gasteiger partial charge in [0, 0.05) is 0 Å². The van der Waals surface area contributed by atoms with Gasteiger partial charge >= 0.3 is 5.97 Å². The first kappa shape index (κ1) is 20.0. The smallest absolute Gasteiger partial charge is 0.344 e. The number of ether oxygens (including phenoxy) is 1. The van der Waals surface area contributed by atoms with E-state index in [-0.39, 0.29) is 40.5 Å². The second-order valence-corrected chi connectivity index (χ2v) is 6.30. The number of Topliss-reactive ketones (excluding diaryl/α,β-unsaturated/α-hetero) is 1. The van der Waals surface area contributed by atoms with Gasteiger partial charge in [0.25, 0.3) is 11.8 Å². The number of carbonyl (C=O) groups is 5. The molecule has 2 aromatic rings. The Morgan fingerprint density at radius 2 is 1.66 bits per heavy atom. The molecular weight excluding hydrogens is 380 g/mol. The largest absolute Gasteiger partial charge is 0.462 e. The van der Waals surface area contributed by atoms with E-state index in [0.29, 0.717) is 0 Å². The van der Waals surface area contributed by atoms with Gasteiger partial charge in [-0.15, -0.1) is 0 Å². The maximum atomic E-state index is 12.5. The molecule has 1 aliphatic heterocycles. The summed E-state index contributed by atoms with van der Waals surface area (Å²) in [5, 5.41) is 2.36. The quantitative estimate of drug-likeness (QED) is 0.449. The molecule has 1 aliphatic rings. The van der Waals surface area contributed by atoms with Gasteiger partial charge in [-0.1, -0.05) is 12.1 Å². The van der Waals surface area contributed by atoms with Crippen LogP contribution in [0.4, 0.5) is 5.88 Å². The first-order valence-corrected chi connectivity index (χ1v) is 8.82. The van der Waals surface area contributed by atoms with E-state index in [1.165, 1.54) is 26.0 Å². The van der Waals surface area contributed by atoms with Gasteiger partial charge in [-0.25, -0.2) is 4.79 Å². The van der Waals surface area contributed by atoms with Gasteiger partial charge < -0.3 is 9.15 Å². The van der Waals surface area contributed by atoms with Gasteiger partial charge in [-0.3, -0.25) is 29.4 Å². The number of hydrogen-bond donors (Lipinski definition) is 1. The zero-order valence-electron chi connectivity index (χ0n) is 16.0. The Bertz CT molecular complexity index is 1020. The third-order valence-electron chi connectivity index (χ3n) is 4.35. The number of ketones is 1. The van der Waals surface area contributed by atoms with Crippen molar-refractivity contribution >= 4 is 35.4 Å². The molecule has 3 amide bonds. The fourth-order valence-corrected chi connectivity index (χ4v) is 3.15. The van der Waals surface area contributed by atoms with E-state index in [1.54, 1.807) is 19.1 Å². The number of imide groups is 1. The fourth-order valence-electron chi connectivity index (χ4n) is 3.15. The number of carbonyl (C=O) groups excluding carboxylic acids is 5. The van der Waals surface area contributed by atoms with E-state index in [9.17, 15) is 24.0 Å². The molecule has 2 heterocycles.